The molecule has 1 aromatic rings. The average molecular weight is 281 g/mol. The molecule has 110 valence electrons. The first-order chi connectivity index (χ1) is 9.40. The molecule has 0 aliphatic carbocycles. The van der Waals surface area contributed by atoms with E-state index in [-0.39, 0.29) is 11.3 Å². The Bertz CT molecular complexity index is 586. The first-order valence-corrected chi connectivity index (χ1v) is 6.51. The maximum atomic E-state index is 11.7. The lowest BCUT2D eigenvalue weighted by molar-refractivity contribution is 0.100. The van der Waals surface area contributed by atoms with E-state index in [4.69, 9.17) is 0 Å². The number of rotatable bonds is 6. The van der Waals surface area contributed by atoms with E-state index in [1.165, 1.54) is 0 Å². The highest BCUT2D eigenvalue weighted by molar-refractivity contribution is 6.06. The molecule has 0 unspecified atom stereocenters. The lowest BCUT2D eigenvalue weighted by atomic mass is 10.1. The molecule has 6 nitrogen and oxygen atoms in total. The molecule has 0 aliphatic rings. The van der Waals surface area contributed by atoms with Crippen molar-refractivity contribution in [3.05, 3.63) is 21.5 Å². The predicted octanol–water partition coefficient (Wildman–Crippen LogP) is 2.25. The van der Waals surface area contributed by atoms with Gasteiger partial charge in [-0.2, -0.15) is 0 Å². The third kappa shape index (κ3) is 3.46. The Labute approximate surface area is 116 Å². The van der Waals surface area contributed by atoms with Gasteiger partial charge in [0.15, 0.2) is 5.78 Å². The molecule has 0 aliphatic heterocycles. The van der Waals surface area contributed by atoms with Crippen LogP contribution in [0.4, 0.5) is 0 Å². The van der Waals surface area contributed by atoms with Gasteiger partial charge < -0.3 is 14.6 Å². The third-order valence-corrected chi connectivity index (χ3v) is 2.91. The Hall–Kier alpha value is -2.11. The summed E-state index contributed by atoms with van der Waals surface area (Å²) in [4.78, 5) is 27.2. The summed E-state index contributed by atoms with van der Waals surface area (Å²) >= 11 is 0. The lowest BCUT2D eigenvalue weighted by Crippen LogP contribution is -2.15. The number of ketones is 1. The van der Waals surface area contributed by atoms with E-state index in [0.29, 0.717) is 6.54 Å². The summed E-state index contributed by atoms with van der Waals surface area (Å²) in [6.45, 7) is 5.30. The summed E-state index contributed by atoms with van der Waals surface area (Å²) in [7, 11) is 0. The maximum absolute atomic E-state index is 11.7. The molecule has 0 aromatic carbocycles. The van der Waals surface area contributed by atoms with Crippen molar-refractivity contribution >= 4 is 11.5 Å². The molecule has 0 amide bonds. The van der Waals surface area contributed by atoms with E-state index >= 15 is 0 Å². The number of carbonyl (C=O) groups is 1. The highest BCUT2D eigenvalue weighted by Gasteiger charge is 2.23. The molecule has 0 saturated heterocycles. The summed E-state index contributed by atoms with van der Waals surface area (Å²) in [5.74, 6) is -2.05. The highest BCUT2D eigenvalue weighted by atomic mass is 16.5. The van der Waals surface area contributed by atoms with E-state index < -0.39 is 28.7 Å². The topological polar surface area (TPSA) is 100 Å². The zero-order valence-corrected chi connectivity index (χ0v) is 11.9. The van der Waals surface area contributed by atoms with Crippen LogP contribution in [0.1, 0.15) is 56.0 Å². The Balaban J connectivity index is 3.21. The molecule has 0 spiro atoms. The second-order valence-electron chi connectivity index (χ2n) is 4.52. The number of carbonyl (C=O) groups excluding carboxylic acids is 1. The highest BCUT2D eigenvalue weighted by Crippen LogP contribution is 2.28. The molecule has 1 heterocycles. The van der Waals surface area contributed by atoms with Gasteiger partial charge >= 0.3 is 5.63 Å². The van der Waals surface area contributed by atoms with Crippen LogP contribution in [0.25, 0.3) is 0 Å². The summed E-state index contributed by atoms with van der Waals surface area (Å²) in [5.41, 5.74) is -1.20. The normalized spacial score (nSPS) is 11.7. The predicted molar refractivity (Wildman–Crippen MR) is 74.9 cm³/mol. The number of hydrogen-bond acceptors (Lipinski definition) is 6. The second kappa shape index (κ2) is 6.88. The van der Waals surface area contributed by atoms with Gasteiger partial charge in [0.25, 0.3) is 5.95 Å². The summed E-state index contributed by atoms with van der Waals surface area (Å²) in [5, 5.41) is 19.4. The van der Waals surface area contributed by atoms with Gasteiger partial charge in [-0.05, 0) is 20.3 Å². The van der Waals surface area contributed by atoms with Crippen LogP contribution in [-0.4, -0.2) is 28.3 Å². The van der Waals surface area contributed by atoms with Crippen LogP contribution in [0.3, 0.4) is 0 Å². The largest absolute Gasteiger partial charge is 0.506 e. The van der Waals surface area contributed by atoms with Crippen LogP contribution in [-0.2, 0) is 0 Å². The van der Waals surface area contributed by atoms with Gasteiger partial charge in [-0.3, -0.25) is 9.79 Å². The fourth-order valence-corrected chi connectivity index (χ4v) is 1.84. The zero-order valence-electron chi connectivity index (χ0n) is 11.9. The van der Waals surface area contributed by atoms with E-state index in [0.717, 1.165) is 26.2 Å². The number of aromatic hydroxyl groups is 2. The van der Waals surface area contributed by atoms with E-state index in [2.05, 4.69) is 16.3 Å². The first kappa shape index (κ1) is 15.9. The molecule has 1 rings (SSSR count). The fourth-order valence-electron chi connectivity index (χ4n) is 1.84. The number of Topliss-reactive ketones (excluding diaryl/α,β-unsaturated/α-hetero) is 1. The molecule has 6 heteroatoms. The Morgan fingerprint density at radius 3 is 2.40 bits per heavy atom. The zero-order chi connectivity index (χ0) is 15.3. The minimum atomic E-state index is -0.915. The van der Waals surface area contributed by atoms with Gasteiger partial charge in [0.05, 0.1) is 5.71 Å². The molecule has 0 atom stereocenters. The van der Waals surface area contributed by atoms with Crippen LogP contribution < -0.4 is 5.63 Å². The van der Waals surface area contributed by atoms with Crippen molar-refractivity contribution in [2.75, 3.05) is 6.54 Å². The quantitative estimate of drug-likeness (QED) is 0.473. The van der Waals surface area contributed by atoms with Gasteiger partial charge in [0.1, 0.15) is 16.9 Å². The Kier molecular flexibility index (Phi) is 5.49. The average Bonchev–Trinajstić information content (AvgIpc) is 2.33. The molecular formula is C14H19NO5. The molecule has 1 aromatic heterocycles. The van der Waals surface area contributed by atoms with Gasteiger partial charge in [-0.1, -0.05) is 19.8 Å². The Morgan fingerprint density at radius 1 is 1.20 bits per heavy atom. The molecular weight excluding hydrogens is 262 g/mol. The smallest absolute Gasteiger partial charge is 0.351 e. The lowest BCUT2D eigenvalue weighted by Gasteiger charge is -2.07. The number of nitrogens with zero attached hydrogens (tertiary/aromatic N) is 1. The number of unbranched alkanes of at least 4 members (excludes halogenated alkanes) is 2. The third-order valence-electron chi connectivity index (χ3n) is 2.91. The number of hydrogen-bond donors (Lipinski definition) is 2. The second-order valence-corrected chi connectivity index (χ2v) is 4.52. The van der Waals surface area contributed by atoms with Gasteiger partial charge in [0, 0.05) is 6.54 Å². The van der Waals surface area contributed by atoms with Crippen molar-refractivity contribution in [2.45, 2.75) is 40.0 Å². The van der Waals surface area contributed by atoms with Crippen molar-refractivity contribution in [1.29, 1.82) is 0 Å². The van der Waals surface area contributed by atoms with E-state index in [1.807, 2.05) is 0 Å². The van der Waals surface area contributed by atoms with E-state index in [9.17, 15) is 19.8 Å². The Morgan fingerprint density at radius 2 is 1.85 bits per heavy atom. The first-order valence-electron chi connectivity index (χ1n) is 6.51. The van der Waals surface area contributed by atoms with Crippen molar-refractivity contribution in [3.63, 3.8) is 0 Å². The van der Waals surface area contributed by atoms with Crippen molar-refractivity contribution in [1.82, 2.24) is 0 Å². The SMILES string of the molecule is CCCCCN=C(C)c1c(O)c(C(C)=O)c(O)oc1=O. The molecule has 0 bridgehead atoms. The number of aliphatic imine (C=N–C) groups is 1. The minimum absolute atomic E-state index is 0.176. The maximum Gasteiger partial charge on any atom is 0.351 e. The molecule has 0 fully saturated rings. The minimum Gasteiger partial charge on any atom is -0.506 e. The standard InChI is InChI=1S/C14H19NO5/c1-4-5-6-7-15-8(2)10-12(17)11(9(3)16)14(19)20-13(10)18/h17,19H,4-7H2,1-3H3. The van der Waals surface area contributed by atoms with Gasteiger partial charge in [-0.15, -0.1) is 0 Å². The summed E-state index contributed by atoms with van der Waals surface area (Å²) in [6.07, 6.45) is 2.94. The van der Waals surface area contributed by atoms with Gasteiger partial charge in [0.2, 0.25) is 0 Å². The molecule has 0 radical (unpaired) electrons. The van der Waals surface area contributed by atoms with Crippen LogP contribution in [0.5, 0.6) is 11.7 Å². The van der Waals surface area contributed by atoms with Crippen molar-refractivity contribution in [3.8, 4) is 11.7 Å². The van der Waals surface area contributed by atoms with Crippen molar-refractivity contribution < 1.29 is 19.4 Å². The molecule has 2 N–H and O–H groups in total. The van der Waals surface area contributed by atoms with Crippen molar-refractivity contribution in [2.24, 2.45) is 4.99 Å². The van der Waals surface area contributed by atoms with Crippen LogP contribution in [0.15, 0.2) is 14.2 Å². The van der Waals surface area contributed by atoms with Crippen LogP contribution in [0, 0.1) is 0 Å². The van der Waals surface area contributed by atoms with Crippen LogP contribution >= 0.6 is 0 Å². The monoisotopic (exact) mass is 281 g/mol. The molecule has 0 saturated carbocycles. The summed E-state index contributed by atoms with van der Waals surface area (Å²) in [6, 6.07) is 0. The summed E-state index contributed by atoms with van der Waals surface area (Å²) < 4.78 is 4.57. The van der Waals surface area contributed by atoms with E-state index in [1.54, 1.807) is 6.92 Å². The van der Waals surface area contributed by atoms with Gasteiger partial charge in [-0.25, -0.2) is 4.79 Å². The molecule has 20 heavy (non-hydrogen) atoms. The van der Waals surface area contributed by atoms with Crippen LogP contribution in [0.2, 0.25) is 0 Å². The fraction of sp³-hybridized carbons (Fsp3) is 0.500.